The minimum absolute atomic E-state index is 0.00834. The maximum Gasteiger partial charge on any atom is 0.282 e. The van der Waals surface area contributed by atoms with Crippen LogP contribution in [0.5, 0.6) is 0 Å². The third-order valence-corrected chi connectivity index (χ3v) is 7.77. The summed E-state index contributed by atoms with van der Waals surface area (Å²) in [7, 11) is 1.27. The fourth-order valence-electron chi connectivity index (χ4n) is 4.74. The van der Waals surface area contributed by atoms with Gasteiger partial charge in [0, 0.05) is 15.4 Å². The van der Waals surface area contributed by atoms with Crippen molar-refractivity contribution in [3.05, 3.63) is 33.4 Å². The average molecular weight is 650 g/mol. The quantitative estimate of drug-likeness (QED) is 0.0759. The van der Waals surface area contributed by atoms with E-state index in [0.29, 0.717) is 0 Å². The van der Waals surface area contributed by atoms with Gasteiger partial charge in [-0.3, -0.25) is 19.1 Å². The second kappa shape index (κ2) is 12.1. The lowest BCUT2D eigenvalue weighted by molar-refractivity contribution is -0.117. The number of nitrogen functional groups attached to an aromatic ring is 1. The zero-order chi connectivity index (χ0) is 29.5. The number of nitrogens with one attached hydrogen (secondary N) is 2. The van der Waals surface area contributed by atoms with Gasteiger partial charge in [0.15, 0.2) is 68.6 Å². The van der Waals surface area contributed by atoms with Crippen molar-refractivity contribution in [3.8, 4) is 0 Å². The Morgan fingerprint density at radius 3 is 2.74 bits per heavy atom. The summed E-state index contributed by atoms with van der Waals surface area (Å²) in [5, 5.41) is 7.56. The first-order valence-corrected chi connectivity index (χ1v) is 13.7. The summed E-state index contributed by atoms with van der Waals surface area (Å²) < 4.78 is 65.8. The van der Waals surface area contributed by atoms with Crippen molar-refractivity contribution in [2.45, 2.75) is 43.3 Å². The molecule has 3 unspecified atom stereocenters. The molecule has 6 rings (SSSR count). The highest BCUT2D eigenvalue weighted by molar-refractivity contribution is 7.75. The number of ether oxygens (including phenoxy) is 2. The van der Waals surface area contributed by atoms with Crippen LogP contribution in [0.15, 0.2) is 22.2 Å². The van der Waals surface area contributed by atoms with E-state index in [1.54, 1.807) is 0 Å². The van der Waals surface area contributed by atoms with Crippen LogP contribution in [0.2, 0.25) is 0 Å². The standard InChI is InChI=1S/C19H22F2N10O8P2S/c20-7-5(6(2-34-40)36-16(7)30-4-25-9-12(30)23-3-24-14(9)32)1-35-41-38-18-8(21)11(39-42)17(37-18)31-13-10(28-29-31)15(33)27-19(22)26-13/h3-8,11,16-18,41-42H,1-2,40H2,(H,23,24,32)(H3,22,26,27,33)/t5-,6-,7+,8-,11-,16-,17-,18?/m1/s1. The highest BCUT2D eigenvalue weighted by Crippen LogP contribution is 2.41. The minimum Gasteiger partial charge on any atom is -0.369 e. The van der Waals surface area contributed by atoms with Gasteiger partial charge in [-0.15, -0.1) is 5.10 Å². The van der Waals surface area contributed by atoms with Crippen LogP contribution in [-0.2, 0) is 27.2 Å². The van der Waals surface area contributed by atoms with Crippen LogP contribution in [0.4, 0.5) is 14.7 Å². The molecule has 0 bridgehead atoms. The van der Waals surface area contributed by atoms with Crippen LogP contribution >= 0.6 is 31.4 Å². The van der Waals surface area contributed by atoms with E-state index in [2.05, 4.69) is 57.6 Å². The number of imidazole rings is 1. The lowest BCUT2D eigenvalue weighted by Gasteiger charge is -2.19. The fourth-order valence-corrected chi connectivity index (χ4v) is 5.76. The number of rotatable bonds is 10. The van der Waals surface area contributed by atoms with Gasteiger partial charge in [-0.2, -0.15) is 9.67 Å². The molecule has 2 aliphatic rings. The number of H-pyrrole nitrogens is 2. The number of nitrogens with two attached hydrogens (primary N) is 1. The van der Waals surface area contributed by atoms with E-state index in [4.69, 9.17) is 33.0 Å². The molecule has 42 heavy (non-hydrogen) atoms. The molecule has 6 heterocycles. The molecule has 2 aliphatic heterocycles. The molecule has 2 saturated heterocycles. The van der Waals surface area contributed by atoms with Crippen LogP contribution in [0.3, 0.4) is 0 Å². The lowest BCUT2D eigenvalue weighted by Crippen LogP contribution is -2.30. The Hall–Kier alpha value is -2.74. The molecular formula is C19H22F2N10O8P2S. The van der Waals surface area contributed by atoms with Crippen molar-refractivity contribution < 1.29 is 36.0 Å². The van der Waals surface area contributed by atoms with Crippen molar-refractivity contribution >= 4 is 59.7 Å². The van der Waals surface area contributed by atoms with Gasteiger partial charge in [0.1, 0.15) is 0 Å². The van der Waals surface area contributed by atoms with Gasteiger partial charge in [0.2, 0.25) is 5.95 Å². The number of aromatic amines is 2. The van der Waals surface area contributed by atoms with Gasteiger partial charge in [-0.05, 0) is 12.9 Å². The molecule has 0 spiro atoms. The largest absolute Gasteiger partial charge is 0.369 e. The van der Waals surface area contributed by atoms with E-state index in [1.165, 1.54) is 17.2 Å². The average Bonchev–Trinajstić information content (AvgIpc) is 3.72. The van der Waals surface area contributed by atoms with Gasteiger partial charge in [-0.25, -0.2) is 18.7 Å². The molecule has 226 valence electrons. The summed E-state index contributed by atoms with van der Waals surface area (Å²) in [6.45, 7) is -0.191. The normalized spacial score (nSPS) is 30.0. The van der Waals surface area contributed by atoms with E-state index in [1.807, 2.05) is 0 Å². The third-order valence-electron chi connectivity index (χ3n) is 6.72. The zero-order valence-corrected chi connectivity index (χ0v) is 24.0. The SMILES string of the molecule is Nc1nc2c(nnn2[C@@H]2OC(OPOC[C@H]3[C@H](F)[C@H](n4cnc5c(=O)[nH]cnc54)O[C@@H]3COP)[C@H](F)[C@H]2OS)c(=O)[nH]1. The molecule has 0 aromatic carbocycles. The predicted octanol–water partition coefficient (Wildman–Crippen LogP) is -0.147. The van der Waals surface area contributed by atoms with Crippen molar-refractivity contribution in [1.29, 1.82) is 0 Å². The number of halogens is 2. The van der Waals surface area contributed by atoms with E-state index >= 15 is 8.78 Å². The second-order valence-corrected chi connectivity index (χ2v) is 10.4. The Balaban J connectivity index is 1.11. The number of alkyl halides is 2. The van der Waals surface area contributed by atoms with Crippen LogP contribution in [0, 0.1) is 5.92 Å². The van der Waals surface area contributed by atoms with Crippen LogP contribution in [-0.4, -0.2) is 88.5 Å². The van der Waals surface area contributed by atoms with Gasteiger partial charge in [-0.1, -0.05) is 5.21 Å². The maximum absolute atomic E-state index is 15.7. The highest BCUT2D eigenvalue weighted by atomic mass is 32.1. The molecule has 0 aliphatic carbocycles. The number of aromatic nitrogens is 9. The Kier molecular flexibility index (Phi) is 8.45. The van der Waals surface area contributed by atoms with E-state index in [0.717, 1.165) is 4.68 Å². The van der Waals surface area contributed by atoms with E-state index < -0.39 is 69.4 Å². The number of nitrogens with zero attached hydrogens (tertiary/aromatic N) is 7. The fraction of sp³-hybridized carbons (Fsp3) is 0.526. The molecule has 2 fully saturated rings. The van der Waals surface area contributed by atoms with Gasteiger partial charge in [0.25, 0.3) is 11.1 Å². The minimum atomic E-state index is -1.88. The molecular weight excluding hydrogens is 628 g/mol. The first-order valence-electron chi connectivity index (χ1n) is 12.1. The second-order valence-electron chi connectivity index (χ2n) is 9.14. The molecule has 4 aromatic rings. The molecule has 0 amide bonds. The van der Waals surface area contributed by atoms with Gasteiger partial charge >= 0.3 is 0 Å². The molecule has 4 N–H and O–H groups in total. The third kappa shape index (κ3) is 5.18. The van der Waals surface area contributed by atoms with Gasteiger partial charge < -0.3 is 37.9 Å². The predicted molar refractivity (Wildman–Crippen MR) is 144 cm³/mol. The molecule has 10 atom stereocenters. The van der Waals surface area contributed by atoms with Crippen LogP contribution in [0.25, 0.3) is 22.3 Å². The number of fused-ring (bicyclic) bond motifs is 2. The Bertz CT molecular complexity index is 1690. The summed E-state index contributed by atoms with van der Waals surface area (Å²) in [5.74, 6) is -1.05. The van der Waals surface area contributed by atoms with Crippen molar-refractivity contribution in [2.75, 3.05) is 18.9 Å². The van der Waals surface area contributed by atoms with Crippen molar-refractivity contribution in [2.24, 2.45) is 5.92 Å². The Morgan fingerprint density at radius 1 is 1.12 bits per heavy atom. The van der Waals surface area contributed by atoms with Crippen molar-refractivity contribution in [3.63, 3.8) is 0 Å². The smallest absolute Gasteiger partial charge is 0.282 e. The summed E-state index contributed by atoms with van der Waals surface area (Å²) in [5.41, 5.74) is 4.45. The topological polar surface area (TPSA) is 221 Å². The van der Waals surface area contributed by atoms with Crippen molar-refractivity contribution in [1.82, 2.24) is 44.5 Å². The molecule has 18 nitrogen and oxygen atoms in total. The highest BCUT2D eigenvalue weighted by Gasteiger charge is 2.50. The van der Waals surface area contributed by atoms with E-state index in [-0.39, 0.29) is 41.5 Å². The number of hydrogen-bond acceptors (Lipinski definition) is 15. The summed E-state index contributed by atoms with van der Waals surface area (Å²) >= 11 is 3.73. The van der Waals surface area contributed by atoms with Crippen LogP contribution < -0.4 is 16.9 Å². The van der Waals surface area contributed by atoms with E-state index in [9.17, 15) is 9.59 Å². The molecule has 0 radical (unpaired) electrons. The summed E-state index contributed by atoms with van der Waals surface area (Å²) in [4.78, 5) is 40.8. The number of thiol groups is 1. The summed E-state index contributed by atoms with van der Waals surface area (Å²) in [6.07, 6.45) is -7.09. The molecule has 0 saturated carbocycles. The Morgan fingerprint density at radius 2 is 1.95 bits per heavy atom. The zero-order valence-electron chi connectivity index (χ0n) is 20.9. The van der Waals surface area contributed by atoms with Gasteiger partial charge in [0.05, 0.1) is 32.0 Å². The molecule has 23 heteroatoms. The lowest BCUT2D eigenvalue weighted by atomic mass is 10.0. The number of hydrogen-bond donors (Lipinski definition) is 4. The maximum atomic E-state index is 15.7. The Labute approximate surface area is 241 Å². The number of anilines is 1. The first-order chi connectivity index (χ1) is 20.3. The monoisotopic (exact) mass is 650 g/mol. The first kappa shape index (κ1) is 29.3. The molecule has 4 aromatic heterocycles. The van der Waals surface area contributed by atoms with Crippen LogP contribution in [0.1, 0.15) is 12.5 Å². The summed E-state index contributed by atoms with van der Waals surface area (Å²) in [6, 6.07) is 0.